The Morgan fingerprint density at radius 3 is 2.35 bits per heavy atom. The van der Waals surface area contributed by atoms with Crippen molar-refractivity contribution in [1.82, 2.24) is 5.32 Å². The topological polar surface area (TPSA) is 53.2 Å². The van der Waals surface area contributed by atoms with Crippen LogP contribution >= 0.6 is 0 Å². The average Bonchev–Trinajstić information content (AvgIpc) is 2.29. The largest absolute Gasteiger partial charge is 0.388 e. The number of hydrogen-bond acceptors (Lipinski definition) is 2. The van der Waals surface area contributed by atoms with E-state index in [-0.39, 0.29) is 6.03 Å². The minimum absolute atomic E-state index is 0.191. The minimum Gasteiger partial charge on any atom is -0.388 e. The quantitative estimate of drug-likeness (QED) is 0.685. The summed E-state index contributed by atoms with van der Waals surface area (Å²) < 4.78 is 0. The molecule has 3 N–H and O–H groups in total. The number of anilines is 2. The maximum absolute atomic E-state index is 11.5. The van der Waals surface area contributed by atoms with Crippen LogP contribution in [0.4, 0.5) is 16.2 Å². The number of benzene rings is 1. The standard InChI is InChI=1S/C13H19N3O/c1-10(2)8-9-15-13(17)16-12-6-4-11(14-3)5-7-12/h4-7,14H,1,8-9H2,2-3H3,(H2,15,16,17). The molecule has 0 aliphatic heterocycles. The van der Waals surface area contributed by atoms with Crippen LogP contribution in [0.5, 0.6) is 0 Å². The van der Waals surface area contributed by atoms with Crippen molar-refractivity contribution in [3.05, 3.63) is 36.4 Å². The van der Waals surface area contributed by atoms with Crippen LogP contribution < -0.4 is 16.0 Å². The van der Waals surface area contributed by atoms with Gasteiger partial charge >= 0.3 is 6.03 Å². The highest BCUT2D eigenvalue weighted by Gasteiger charge is 2.00. The summed E-state index contributed by atoms with van der Waals surface area (Å²) in [5.41, 5.74) is 2.85. The van der Waals surface area contributed by atoms with Gasteiger partial charge in [-0.1, -0.05) is 5.57 Å². The molecule has 0 bridgehead atoms. The molecule has 0 aliphatic carbocycles. The van der Waals surface area contributed by atoms with Crippen LogP contribution in [0.25, 0.3) is 0 Å². The van der Waals surface area contributed by atoms with Gasteiger partial charge in [-0.15, -0.1) is 6.58 Å². The zero-order valence-electron chi connectivity index (χ0n) is 10.3. The molecule has 0 heterocycles. The molecule has 4 nitrogen and oxygen atoms in total. The summed E-state index contributed by atoms with van der Waals surface area (Å²) in [4.78, 5) is 11.5. The SMILES string of the molecule is C=C(C)CCNC(=O)Nc1ccc(NC)cc1. The van der Waals surface area contributed by atoms with Crippen molar-refractivity contribution in [2.45, 2.75) is 13.3 Å². The van der Waals surface area contributed by atoms with Crippen LogP contribution in [0.1, 0.15) is 13.3 Å². The number of nitrogens with one attached hydrogen (secondary N) is 3. The van der Waals surface area contributed by atoms with Crippen LogP contribution in [0.2, 0.25) is 0 Å². The third-order valence-electron chi connectivity index (χ3n) is 2.27. The van der Waals surface area contributed by atoms with E-state index in [1.165, 1.54) is 0 Å². The van der Waals surface area contributed by atoms with E-state index in [1.54, 1.807) is 0 Å². The van der Waals surface area contributed by atoms with E-state index in [1.807, 2.05) is 38.2 Å². The molecule has 0 aliphatic rings. The lowest BCUT2D eigenvalue weighted by Gasteiger charge is -2.08. The van der Waals surface area contributed by atoms with E-state index in [0.717, 1.165) is 23.4 Å². The van der Waals surface area contributed by atoms with E-state index in [2.05, 4.69) is 22.5 Å². The molecule has 2 amide bonds. The minimum atomic E-state index is -0.191. The first-order chi connectivity index (χ1) is 8.11. The molecule has 0 spiro atoms. The van der Waals surface area contributed by atoms with Crippen LogP contribution in [0.3, 0.4) is 0 Å². The second kappa shape index (κ2) is 6.58. The zero-order chi connectivity index (χ0) is 12.7. The molecule has 0 fully saturated rings. The second-order valence-corrected chi connectivity index (χ2v) is 3.92. The molecule has 1 aromatic rings. The van der Waals surface area contributed by atoms with Gasteiger partial charge in [-0.2, -0.15) is 0 Å². The monoisotopic (exact) mass is 233 g/mol. The van der Waals surface area contributed by atoms with Crippen molar-refractivity contribution >= 4 is 17.4 Å². The van der Waals surface area contributed by atoms with Crippen molar-refractivity contribution < 1.29 is 4.79 Å². The first kappa shape index (κ1) is 13.1. The summed E-state index contributed by atoms with van der Waals surface area (Å²) in [7, 11) is 1.85. The van der Waals surface area contributed by atoms with Gasteiger partial charge in [0.2, 0.25) is 0 Å². The average molecular weight is 233 g/mol. The number of hydrogen-bond donors (Lipinski definition) is 3. The second-order valence-electron chi connectivity index (χ2n) is 3.92. The molecule has 0 unspecified atom stereocenters. The Morgan fingerprint density at radius 1 is 1.24 bits per heavy atom. The first-order valence-electron chi connectivity index (χ1n) is 5.59. The molecule has 4 heteroatoms. The Bertz CT molecular complexity index is 384. The van der Waals surface area contributed by atoms with Gasteiger partial charge < -0.3 is 16.0 Å². The van der Waals surface area contributed by atoms with Crippen molar-refractivity contribution in [3.8, 4) is 0 Å². The molecule has 1 rings (SSSR count). The highest BCUT2D eigenvalue weighted by Crippen LogP contribution is 2.12. The lowest BCUT2D eigenvalue weighted by molar-refractivity contribution is 0.252. The van der Waals surface area contributed by atoms with E-state index in [9.17, 15) is 4.79 Å². The lowest BCUT2D eigenvalue weighted by atomic mass is 10.2. The predicted octanol–water partition coefficient (Wildman–Crippen LogP) is 2.82. The molecule has 17 heavy (non-hydrogen) atoms. The van der Waals surface area contributed by atoms with E-state index < -0.39 is 0 Å². The maximum atomic E-state index is 11.5. The lowest BCUT2D eigenvalue weighted by Crippen LogP contribution is -2.29. The fourth-order valence-electron chi connectivity index (χ4n) is 1.28. The van der Waals surface area contributed by atoms with Crippen LogP contribution in [-0.2, 0) is 0 Å². The Hall–Kier alpha value is -1.97. The van der Waals surface area contributed by atoms with E-state index in [0.29, 0.717) is 6.54 Å². The Kier molecular flexibility index (Phi) is 5.07. The molecular formula is C13H19N3O. The summed E-state index contributed by atoms with van der Waals surface area (Å²) in [6.07, 6.45) is 0.798. The van der Waals surface area contributed by atoms with Crippen molar-refractivity contribution in [3.63, 3.8) is 0 Å². The molecule has 0 saturated carbocycles. The third kappa shape index (κ3) is 5.06. The Labute approximate surface area is 102 Å². The normalized spacial score (nSPS) is 9.53. The van der Waals surface area contributed by atoms with Crippen molar-refractivity contribution in [1.29, 1.82) is 0 Å². The summed E-state index contributed by atoms with van der Waals surface area (Å²) in [5, 5.41) is 8.54. The summed E-state index contributed by atoms with van der Waals surface area (Å²) in [6.45, 7) is 6.32. The Balaban J connectivity index is 2.37. The summed E-state index contributed by atoms with van der Waals surface area (Å²) >= 11 is 0. The predicted molar refractivity (Wildman–Crippen MR) is 72.4 cm³/mol. The van der Waals surface area contributed by atoms with Gasteiger partial charge in [0, 0.05) is 25.0 Å². The summed E-state index contributed by atoms with van der Waals surface area (Å²) in [5.74, 6) is 0. The fourth-order valence-corrected chi connectivity index (χ4v) is 1.28. The number of rotatable bonds is 5. The number of carbonyl (C=O) groups is 1. The highest BCUT2D eigenvalue weighted by atomic mass is 16.2. The van der Waals surface area contributed by atoms with Crippen LogP contribution in [0, 0.1) is 0 Å². The fraction of sp³-hybridized carbons (Fsp3) is 0.308. The van der Waals surface area contributed by atoms with Gasteiger partial charge in [0.1, 0.15) is 0 Å². The van der Waals surface area contributed by atoms with Gasteiger partial charge in [0.15, 0.2) is 0 Å². The molecule has 0 radical (unpaired) electrons. The van der Waals surface area contributed by atoms with Gasteiger partial charge in [0.25, 0.3) is 0 Å². The van der Waals surface area contributed by atoms with E-state index in [4.69, 9.17) is 0 Å². The maximum Gasteiger partial charge on any atom is 0.319 e. The Morgan fingerprint density at radius 2 is 1.82 bits per heavy atom. The highest BCUT2D eigenvalue weighted by molar-refractivity contribution is 5.89. The van der Waals surface area contributed by atoms with Gasteiger partial charge in [-0.3, -0.25) is 0 Å². The zero-order valence-corrected chi connectivity index (χ0v) is 10.3. The first-order valence-corrected chi connectivity index (χ1v) is 5.59. The van der Waals surface area contributed by atoms with E-state index >= 15 is 0 Å². The van der Waals surface area contributed by atoms with Crippen molar-refractivity contribution in [2.24, 2.45) is 0 Å². The van der Waals surface area contributed by atoms with Gasteiger partial charge in [-0.05, 0) is 37.6 Å². The van der Waals surface area contributed by atoms with Gasteiger partial charge in [0.05, 0.1) is 0 Å². The molecular weight excluding hydrogens is 214 g/mol. The van der Waals surface area contributed by atoms with Crippen LogP contribution in [0.15, 0.2) is 36.4 Å². The van der Waals surface area contributed by atoms with Crippen molar-refractivity contribution in [2.75, 3.05) is 24.2 Å². The molecule has 1 aromatic carbocycles. The number of amides is 2. The molecule has 0 saturated heterocycles. The van der Waals surface area contributed by atoms with Gasteiger partial charge in [-0.25, -0.2) is 4.79 Å². The molecule has 0 atom stereocenters. The third-order valence-corrected chi connectivity index (χ3v) is 2.27. The molecule has 92 valence electrons. The molecule has 0 aromatic heterocycles. The number of urea groups is 1. The summed E-state index contributed by atoms with van der Waals surface area (Å²) in [6, 6.07) is 7.32. The smallest absolute Gasteiger partial charge is 0.319 e. The van der Waals surface area contributed by atoms with Crippen LogP contribution in [-0.4, -0.2) is 19.6 Å². The number of carbonyl (C=O) groups excluding carboxylic acids is 1.